The van der Waals surface area contributed by atoms with Crippen LogP contribution in [0.4, 0.5) is 0 Å². The third-order valence-corrected chi connectivity index (χ3v) is 4.75. The third-order valence-electron chi connectivity index (χ3n) is 4.75. The van der Waals surface area contributed by atoms with Gasteiger partial charge in [-0.05, 0) is 37.0 Å². The van der Waals surface area contributed by atoms with Crippen molar-refractivity contribution in [1.82, 2.24) is 24.6 Å². The summed E-state index contributed by atoms with van der Waals surface area (Å²) in [6.07, 6.45) is 3.72. The second kappa shape index (κ2) is 8.45. The van der Waals surface area contributed by atoms with E-state index in [-0.39, 0.29) is 5.91 Å². The maximum atomic E-state index is 13.0. The van der Waals surface area contributed by atoms with Crippen LogP contribution < -0.4 is 0 Å². The predicted octanol–water partition coefficient (Wildman–Crippen LogP) is 2.36. The Balaban J connectivity index is 1.61. The van der Waals surface area contributed by atoms with E-state index in [0.717, 1.165) is 57.0 Å². The topological polar surface area (TPSA) is 54.3 Å². The van der Waals surface area contributed by atoms with Crippen LogP contribution in [0, 0.1) is 5.92 Å². The maximum Gasteiger partial charge on any atom is 0.272 e. The second-order valence-corrected chi connectivity index (χ2v) is 7.49. The zero-order valence-corrected chi connectivity index (χ0v) is 16.1. The molecule has 3 rings (SSSR count). The van der Waals surface area contributed by atoms with Crippen LogP contribution in [0.25, 0.3) is 0 Å². The molecule has 2 aromatic heterocycles. The lowest BCUT2D eigenvalue weighted by molar-refractivity contribution is 0.0750. The van der Waals surface area contributed by atoms with E-state index < -0.39 is 0 Å². The molecule has 0 radical (unpaired) electrons. The summed E-state index contributed by atoms with van der Waals surface area (Å²) in [5.74, 6) is 0.626. The Morgan fingerprint density at radius 3 is 2.73 bits per heavy atom. The zero-order valence-electron chi connectivity index (χ0n) is 16.1. The summed E-state index contributed by atoms with van der Waals surface area (Å²) in [6, 6.07) is 7.97. The molecule has 1 aliphatic rings. The highest BCUT2D eigenvalue weighted by atomic mass is 16.2. The first-order valence-corrected chi connectivity index (χ1v) is 9.47. The van der Waals surface area contributed by atoms with Crippen LogP contribution >= 0.6 is 0 Å². The largest absolute Gasteiger partial charge is 0.336 e. The van der Waals surface area contributed by atoms with Crippen LogP contribution in [-0.2, 0) is 20.0 Å². The summed E-state index contributed by atoms with van der Waals surface area (Å²) in [4.78, 5) is 21.7. The highest BCUT2D eigenvalue weighted by Crippen LogP contribution is 2.14. The van der Waals surface area contributed by atoms with Crippen molar-refractivity contribution in [1.29, 1.82) is 0 Å². The van der Waals surface area contributed by atoms with E-state index in [9.17, 15) is 4.79 Å². The Bertz CT molecular complexity index is 725. The summed E-state index contributed by atoms with van der Waals surface area (Å²) in [5, 5.41) is 4.51. The molecule has 6 nitrogen and oxygen atoms in total. The summed E-state index contributed by atoms with van der Waals surface area (Å²) >= 11 is 0. The van der Waals surface area contributed by atoms with Gasteiger partial charge in [-0.3, -0.25) is 19.4 Å². The molecule has 0 atom stereocenters. The number of aryl methyl sites for hydroxylation is 1. The van der Waals surface area contributed by atoms with Crippen LogP contribution in [0.3, 0.4) is 0 Å². The molecule has 0 saturated carbocycles. The smallest absolute Gasteiger partial charge is 0.272 e. The van der Waals surface area contributed by atoms with Gasteiger partial charge in [-0.15, -0.1) is 0 Å². The minimum absolute atomic E-state index is 0.0923. The molecule has 3 heterocycles. The normalized spacial score (nSPS) is 16.1. The third kappa shape index (κ3) is 4.69. The number of rotatable bonds is 5. The molecule has 2 aromatic rings. The van der Waals surface area contributed by atoms with Crippen molar-refractivity contribution in [2.75, 3.05) is 26.2 Å². The Labute approximate surface area is 155 Å². The molecule has 1 aliphatic heterocycles. The van der Waals surface area contributed by atoms with Gasteiger partial charge < -0.3 is 4.90 Å². The maximum absolute atomic E-state index is 13.0. The molecule has 1 fully saturated rings. The number of nitrogens with zero attached hydrogens (tertiary/aromatic N) is 5. The quantitative estimate of drug-likeness (QED) is 0.826. The van der Waals surface area contributed by atoms with Gasteiger partial charge in [-0.25, -0.2) is 0 Å². The predicted molar refractivity (Wildman–Crippen MR) is 102 cm³/mol. The van der Waals surface area contributed by atoms with Gasteiger partial charge in [0.25, 0.3) is 5.91 Å². The Hall–Kier alpha value is -2.21. The molecular weight excluding hydrogens is 326 g/mol. The van der Waals surface area contributed by atoms with Gasteiger partial charge in [0.05, 0.1) is 11.4 Å². The fraction of sp³-hybridized carbons (Fsp3) is 0.550. The van der Waals surface area contributed by atoms with E-state index in [1.807, 2.05) is 36.3 Å². The average molecular weight is 355 g/mol. The second-order valence-electron chi connectivity index (χ2n) is 7.49. The van der Waals surface area contributed by atoms with E-state index in [1.165, 1.54) is 0 Å². The van der Waals surface area contributed by atoms with Crippen LogP contribution in [0.2, 0.25) is 0 Å². The molecule has 0 aromatic carbocycles. The minimum atomic E-state index is 0.0923. The molecule has 1 saturated heterocycles. The van der Waals surface area contributed by atoms with Crippen molar-refractivity contribution in [3.63, 3.8) is 0 Å². The zero-order chi connectivity index (χ0) is 18.5. The molecule has 1 amide bonds. The van der Waals surface area contributed by atoms with E-state index in [0.29, 0.717) is 11.6 Å². The number of pyridine rings is 1. The van der Waals surface area contributed by atoms with Gasteiger partial charge >= 0.3 is 0 Å². The van der Waals surface area contributed by atoms with Crippen LogP contribution in [-0.4, -0.2) is 56.7 Å². The summed E-state index contributed by atoms with van der Waals surface area (Å²) < 4.78 is 1.73. The van der Waals surface area contributed by atoms with Gasteiger partial charge in [-0.1, -0.05) is 19.9 Å². The fourth-order valence-corrected chi connectivity index (χ4v) is 3.46. The van der Waals surface area contributed by atoms with Crippen LogP contribution in [0.5, 0.6) is 0 Å². The minimum Gasteiger partial charge on any atom is -0.336 e. The number of carbonyl (C=O) groups excluding carboxylic acids is 1. The molecule has 6 heteroatoms. The summed E-state index contributed by atoms with van der Waals surface area (Å²) in [6.45, 7) is 8.58. The monoisotopic (exact) mass is 355 g/mol. The Morgan fingerprint density at radius 1 is 1.15 bits per heavy atom. The molecule has 0 N–H and O–H groups in total. The first kappa shape index (κ1) is 18.6. The Kier molecular flexibility index (Phi) is 6.04. The van der Waals surface area contributed by atoms with E-state index in [2.05, 4.69) is 34.9 Å². The lowest BCUT2D eigenvalue weighted by Gasteiger charge is -2.21. The lowest BCUT2D eigenvalue weighted by Crippen LogP contribution is -2.36. The molecule has 140 valence electrons. The van der Waals surface area contributed by atoms with Gasteiger partial charge in [0.15, 0.2) is 0 Å². The molecular formula is C20H29N5O. The Morgan fingerprint density at radius 2 is 2.00 bits per heavy atom. The van der Waals surface area contributed by atoms with Crippen LogP contribution in [0.1, 0.15) is 42.1 Å². The highest BCUT2D eigenvalue weighted by molar-refractivity contribution is 5.92. The van der Waals surface area contributed by atoms with Crippen LogP contribution in [0.15, 0.2) is 30.5 Å². The fourth-order valence-electron chi connectivity index (χ4n) is 3.46. The number of hydrogen-bond acceptors (Lipinski definition) is 4. The van der Waals surface area contributed by atoms with E-state index in [1.54, 1.807) is 4.68 Å². The summed E-state index contributed by atoms with van der Waals surface area (Å²) in [5.41, 5.74) is 2.77. The molecule has 0 bridgehead atoms. The number of carbonyl (C=O) groups is 1. The van der Waals surface area contributed by atoms with Crippen molar-refractivity contribution < 1.29 is 4.79 Å². The van der Waals surface area contributed by atoms with Gasteiger partial charge in [0, 0.05) is 46.0 Å². The molecule has 0 spiro atoms. The summed E-state index contributed by atoms with van der Waals surface area (Å²) in [7, 11) is 1.86. The first-order chi connectivity index (χ1) is 12.5. The molecule has 0 aliphatic carbocycles. The van der Waals surface area contributed by atoms with Crippen molar-refractivity contribution >= 4 is 5.91 Å². The van der Waals surface area contributed by atoms with Gasteiger partial charge in [0.1, 0.15) is 5.69 Å². The highest BCUT2D eigenvalue weighted by Gasteiger charge is 2.23. The van der Waals surface area contributed by atoms with Gasteiger partial charge in [0.2, 0.25) is 0 Å². The first-order valence-electron chi connectivity index (χ1n) is 9.47. The number of aromatic nitrogens is 3. The van der Waals surface area contributed by atoms with E-state index >= 15 is 0 Å². The van der Waals surface area contributed by atoms with Crippen molar-refractivity contribution in [2.24, 2.45) is 13.0 Å². The molecule has 26 heavy (non-hydrogen) atoms. The van der Waals surface area contributed by atoms with Crippen molar-refractivity contribution in [3.8, 4) is 0 Å². The molecule has 0 unspecified atom stereocenters. The average Bonchev–Trinajstić information content (AvgIpc) is 2.81. The van der Waals surface area contributed by atoms with E-state index in [4.69, 9.17) is 0 Å². The number of amides is 1. The SMILES string of the molecule is CC(C)Cc1cc(C(=O)N2CCCN(Cc3ccccn3)CC2)n(C)n1. The van der Waals surface area contributed by atoms with Gasteiger partial charge in [-0.2, -0.15) is 5.10 Å². The lowest BCUT2D eigenvalue weighted by atomic mass is 10.1. The number of hydrogen-bond donors (Lipinski definition) is 0. The standard InChI is InChI=1S/C20H29N5O/c1-16(2)13-18-14-19(23(3)22-18)20(26)25-10-6-9-24(11-12-25)15-17-7-4-5-8-21-17/h4-5,7-8,14,16H,6,9-13,15H2,1-3H3. The van der Waals surface area contributed by atoms with Crippen molar-refractivity contribution in [2.45, 2.75) is 33.2 Å². The van der Waals surface area contributed by atoms with Crippen molar-refractivity contribution in [3.05, 3.63) is 47.5 Å².